The Bertz CT molecular complexity index is 436. The first-order valence-electron chi connectivity index (χ1n) is 6.39. The monoisotopic (exact) mass is 249 g/mol. The SMILES string of the molecule is C/C(=C/c1ccc(F)cc1C)CC1COCCN1. The molecule has 0 aliphatic carbocycles. The Morgan fingerprint density at radius 1 is 1.56 bits per heavy atom. The lowest BCUT2D eigenvalue weighted by Crippen LogP contribution is -2.41. The molecular formula is C15H20FNO. The van der Waals surface area contributed by atoms with E-state index in [2.05, 4.69) is 18.3 Å². The average Bonchev–Trinajstić information content (AvgIpc) is 2.34. The van der Waals surface area contributed by atoms with Gasteiger partial charge in [-0.15, -0.1) is 0 Å². The summed E-state index contributed by atoms with van der Waals surface area (Å²) in [5.41, 5.74) is 3.35. The Hall–Kier alpha value is -1.19. The van der Waals surface area contributed by atoms with Crippen molar-refractivity contribution in [2.24, 2.45) is 0 Å². The molecule has 1 aliphatic heterocycles. The second-order valence-electron chi connectivity index (χ2n) is 4.92. The van der Waals surface area contributed by atoms with Gasteiger partial charge in [0.1, 0.15) is 5.82 Å². The summed E-state index contributed by atoms with van der Waals surface area (Å²) in [6.45, 7) is 6.54. The van der Waals surface area contributed by atoms with Gasteiger partial charge in [-0.3, -0.25) is 0 Å². The third kappa shape index (κ3) is 3.65. The lowest BCUT2D eigenvalue weighted by molar-refractivity contribution is 0.0771. The van der Waals surface area contributed by atoms with E-state index in [1.54, 1.807) is 6.07 Å². The topological polar surface area (TPSA) is 21.3 Å². The van der Waals surface area contributed by atoms with Gasteiger partial charge >= 0.3 is 0 Å². The molecule has 0 saturated carbocycles. The number of rotatable bonds is 3. The molecule has 1 unspecified atom stereocenters. The normalized spacial score (nSPS) is 21.1. The Kier molecular flexibility index (Phi) is 4.50. The van der Waals surface area contributed by atoms with Gasteiger partial charge in [0.05, 0.1) is 13.2 Å². The van der Waals surface area contributed by atoms with Gasteiger partial charge in [0.25, 0.3) is 0 Å². The molecule has 98 valence electrons. The van der Waals surface area contributed by atoms with Gasteiger partial charge in [-0.2, -0.15) is 0 Å². The van der Waals surface area contributed by atoms with E-state index in [0.717, 1.165) is 37.3 Å². The van der Waals surface area contributed by atoms with Crippen LogP contribution in [0, 0.1) is 12.7 Å². The van der Waals surface area contributed by atoms with Gasteiger partial charge < -0.3 is 10.1 Å². The molecule has 1 aromatic carbocycles. The fraction of sp³-hybridized carbons (Fsp3) is 0.467. The molecule has 1 N–H and O–H groups in total. The summed E-state index contributed by atoms with van der Waals surface area (Å²) in [6, 6.07) is 5.31. The fourth-order valence-electron chi connectivity index (χ4n) is 2.26. The standard InChI is InChI=1S/C15H20FNO/c1-11(8-15-10-18-6-5-17-15)7-13-3-4-14(16)9-12(13)2/h3-4,7,9,15,17H,5-6,8,10H2,1-2H3/b11-7-. The van der Waals surface area contributed by atoms with Gasteiger partial charge in [0.2, 0.25) is 0 Å². The molecule has 18 heavy (non-hydrogen) atoms. The Morgan fingerprint density at radius 3 is 3.06 bits per heavy atom. The first-order valence-corrected chi connectivity index (χ1v) is 6.39. The third-order valence-electron chi connectivity index (χ3n) is 3.20. The molecular weight excluding hydrogens is 229 g/mol. The first-order chi connectivity index (χ1) is 8.65. The zero-order valence-electron chi connectivity index (χ0n) is 11.0. The van der Waals surface area contributed by atoms with Crippen molar-refractivity contribution in [3.05, 3.63) is 40.7 Å². The van der Waals surface area contributed by atoms with Crippen LogP contribution in [0.15, 0.2) is 23.8 Å². The van der Waals surface area contributed by atoms with E-state index in [4.69, 9.17) is 4.74 Å². The van der Waals surface area contributed by atoms with E-state index < -0.39 is 0 Å². The Morgan fingerprint density at radius 2 is 2.39 bits per heavy atom. The van der Waals surface area contributed by atoms with Gasteiger partial charge in [-0.1, -0.05) is 17.7 Å². The van der Waals surface area contributed by atoms with Crippen LogP contribution in [0.4, 0.5) is 4.39 Å². The van der Waals surface area contributed by atoms with Crippen LogP contribution in [0.25, 0.3) is 6.08 Å². The van der Waals surface area contributed by atoms with Crippen LogP contribution < -0.4 is 5.32 Å². The molecule has 2 nitrogen and oxygen atoms in total. The molecule has 1 aromatic rings. The highest BCUT2D eigenvalue weighted by atomic mass is 19.1. The average molecular weight is 249 g/mol. The number of hydrogen-bond acceptors (Lipinski definition) is 2. The Balaban J connectivity index is 2.02. The van der Waals surface area contributed by atoms with E-state index in [1.807, 2.05) is 13.0 Å². The molecule has 2 rings (SSSR count). The van der Waals surface area contributed by atoms with Crippen molar-refractivity contribution in [3.63, 3.8) is 0 Å². The maximum Gasteiger partial charge on any atom is 0.123 e. The highest BCUT2D eigenvalue weighted by molar-refractivity contribution is 5.56. The van der Waals surface area contributed by atoms with Crippen molar-refractivity contribution in [3.8, 4) is 0 Å². The second-order valence-corrected chi connectivity index (χ2v) is 4.92. The largest absolute Gasteiger partial charge is 0.379 e. The molecule has 0 bridgehead atoms. The third-order valence-corrected chi connectivity index (χ3v) is 3.20. The van der Waals surface area contributed by atoms with Crippen molar-refractivity contribution in [1.82, 2.24) is 5.32 Å². The number of benzene rings is 1. The smallest absolute Gasteiger partial charge is 0.123 e. The summed E-state index contributed by atoms with van der Waals surface area (Å²) in [5, 5.41) is 3.43. The molecule has 0 radical (unpaired) electrons. The molecule has 0 amide bonds. The van der Waals surface area contributed by atoms with Crippen molar-refractivity contribution in [1.29, 1.82) is 0 Å². The minimum absolute atomic E-state index is 0.176. The lowest BCUT2D eigenvalue weighted by atomic mass is 10.0. The molecule has 1 aliphatic rings. The zero-order valence-corrected chi connectivity index (χ0v) is 11.0. The predicted molar refractivity (Wildman–Crippen MR) is 72.0 cm³/mol. The van der Waals surface area contributed by atoms with E-state index in [1.165, 1.54) is 11.6 Å². The Labute approximate surface area is 108 Å². The molecule has 1 atom stereocenters. The van der Waals surface area contributed by atoms with E-state index in [9.17, 15) is 4.39 Å². The summed E-state index contributed by atoms with van der Waals surface area (Å²) in [7, 11) is 0. The summed E-state index contributed by atoms with van der Waals surface area (Å²) < 4.78 is 18.4. The van der Waals surface area contributed by atoms with E-state index in [-0.39, 0.29) is 5.82 Å². The minimum Gasteiger partial charge on any atom is -0.379 e. The van der Waals surface area contributed by atoms with Gasteiger partial charge in [0.15, 0.2) is 0 Å². The summed E-state index contributed by atoms with van der Waals surface area (Å²) in [6.07, 6.45) is 3.10. The summed E-state index contributed by atoms with van der Waals surface area (Å²) in [4.78, 5) is 0. The van der Waals surface area contributed by atoms with Gasteiger partial charge in [-0.25, -0.2) is 4.39 Å². The van der Waals surface area contributed by atoms with Crippen LogP contribution in [0.2, 0.25) is 0 Å². The summed E-state index contributed by atoms with van der Waals surface area (Å²) >= 11 is 0. The highest BCUT2D eigenvalue weighted by Gasteiger charge is 2.13. The molecule has 3 heteroatoms. The van der Waals surface area contributed by atoms with Crippen molar-refractivity contribution >= 4 is 6.08 Å². The van der Waals surface area contributed by atoms with Gasteiger partial charge in [-0.05, 0) is 43.5 Å². The van der Waals surface area contributed by atoms with Crippen LogP contribution >= 0.6 is 0 Å². The number of aryl methyl sites for hydroxylation is 1. The van der Waals surface area contributed by atoms with Crippen LogP contribution in [0.5, 0.6) is 0 Å². The molecule has 0 aromatic heterocycles. The van der Waals surface area contributed by atoms with E-state index in [0.29, 0.717) is 6.04 Å². The maximum absolute atomic E-state index is 13.0. The molecule has 1 fully saturated rings. The predicted octanol–water partition coefficient (Wildman–Crippen LogP) is 2.92. The highest BCUT2D eigenvalue weighted by Crippen LogP contribution is 2.17. The van der Waals surface area contributed by atoms with Crippen LogP contribution in [-0.4, -0.2) is 25.8 Å². The number of halogens is 1. The van der Waals surface area contributed by atoms with Crippen molar-refractivity contribution < 1.29 is 9.13 Å². The molecule has 1 heterocycles. The first kappa shape index (κ1) is 13.2. The lowest BCUT2D eigenvalue weighted by Gasteiger charge is -2.24. The van der Waals surface area contributed by atoms with Crippen LogP contribution in [0.1, 0.15) is 24.5 Å². The van der Waals surface area contributed by atoms with Crippen molar-refractivity contribution in [2.45, 2.75) is 26.3 Å². The number of hydrogen-bond donors (Lipinski definition) is 1. The number of nitrogens with one attached hydrogen (secondary N) is 1. The minimum atomic E-state index is -0.176. The maximum atomic E-state index is 13.0. The molecule has 0 spiro atoms. The van der Waals surface area contributed by atoms with Gasteiger partial charge in [0, 0.05) is 12.6 Å². The summed E-state index contributed by atoms with van der Waals surface area (Å²) in [5.74, 6) is -0.176. The van der Waals surface area contributed by atoms with Crippen molar-refractivity contribution in [2.75, 3.05) is 19.8 Å². The number of ether oxygens (including phenoxy) is 1. The number of morpholine rings is 1. The van der Waals surface area contributed by atoms with E-state index >= 15 is 0 Å². The quantitative estimate of drug-likeness (QED) is 0.889. The second kappa shape index (κ2) is 6.12. The zero-order chi connectivity index (χ0) is 13.0. The molecule has 1 saturated heterocycles. The van der Waals surface area contributed by atoms with Crippen LogP contribution in [0.3, 0.4) is 0 Å². The van der Waals surface area contributed by atoms with Crippen LogP contribution in [-0.2, 0) is 4.74 Å². The fourth-order valence-corrected chi connectivity index (χ4v) is 2.26.